The number of unbranched alkanes of at least 4 members (excludes halogenated alkanes) is 8. The highest BCUT2D eigenvalue weighted by molar-refractivity contribution is 5.65. The lowest BCUT2D eigenvalue weighted by Gasteiger charge is -2.12. The van der Waals surface area contributed by atoms with Gasteiger partial charge in [0.25, 0.3) is 0 Å². The summed E-state index contributed by atoms with van der Waals surface area (Å²) in [5, 5.41) is 0. The molecule has 0 saturated heterocycles. The largest absolute Gasteiger partial charge is 0.466 e. The maximum Gasteiger partial charge on any atom is 0.302 e. The maximum absolute atomic E-state index is 10.5. The summed E-state index contributed by atoms with van der Waals surface area (Å²) in [5.74, 6) is -0.172. The van der Waals surface area contributed by atoms with Crippen molar-refractivity contribution in [1.29, 1.82) is 0 Å². The van der Waals surface area contributed by atoms with Crippen LogP contribution in [0.2, 0.25) is 0 Å². The van der Waals surface area contributed by atoms with Crippen LogP contribution in [0.5, 0.6) is 0 Å². The smallest absolute Gasteiger partial charge is 0.302 e. The number of rotatable bonds is 14. The highest BCUT2D eigenvalue weighted by atomic mass is 16.7. The summed E-state index contributed by atoms with van der Waals surface area (Å²) in [6, 6.07) is 0. The van der Waals surface area contributed by atoms with E-state index in [4.69, 9.17) is 14.2 Å². The van der Waals surface area contributed by atoms with Gasteiger partial charge in [-0.25, -0.2) is 0 Å². The summed E-state index contributed by atoms with van der Waals surface area (Å²) in [7, 11) is 3.38. The number of carbonyl (C=O) groups excluding carboxylic acids is 1. The normalized spacial score (nSPS) is 11.0. The molecule has 0 heterocycles. The molecular weight excluding hydrogens is 256 g/mol. The van der Waals surface area contributed by atoms with Gasteiger partial charge in [0.05, 0.1) is 6.61 Å². The van der Waals surface area contributed by atoms with Crippen molar-refractivity contribution in [2.75, 3.05) is 20.8 Å². The van der Waals surface area contributed by atoms with Crippen LogP contribution < -0.4 is 0 Å². The van der Waals surface area contributed by atoms with Crippen LogP contribution in [0.1, 0.15) is 71.1 Å². The van der Waals surface area contributed by atoms with Gasteiger partial charge in [-0.15, -0.1) is 0 Å². The van der Waals surface area contributed by atoms with Gasteiger partial charge in [-0.05, 0) is 19.3 Å². The molecule has 0 aliphatic heterocycles. The van der Waals surface area contributed by atoms with Gasteiger partial charge in [-0.3, -0.25) is 4.79 Å². The van der Waals surface area contributed by atoms with Crippen molar-refractivity contribution in [3.05, 3.63) is 0 Å². The van der Waals surface area contributed by atoms with Gasteiger partial charge in [0, 0.05) is 21.1 Å². The third-order valence-electron chi connectivity index (χ3n) is 3.42. The van der Waals surface area contributed by atoms with E-state index in [1.165, 1.54) is 51.9 Å². The molecule has 0 radical (unpaired) electrons. The summed E-state index contributed by atoms with van der Waals surface area (Å²) in [6.45, 7) is 2.04. The van der Waals surface area contributed by atoms with Gasteiger partial charge in [0.2, 0.25) is 0 Å². The molecule has 0 rings (SSSR count). The van der Waals surface area contributed by atoms with Crippen LogP contribution in [0, 0.1) is 0 Å². The predicted octanol–water partition coefficient (Wildman–Crippen LogP) is 4.07. The molecule has 0 saturated carbocycles. The topological polar surface area (TPSA) is 44.8 Å². The average Bonchev–Trinajstić information content (AvgIpc) is 2.44. The molecule has 0 amide bonds. The monoisotopic (exact) mass is 288 g/mol. The number of carbonyl (C=O) groups is 1. The molecule has 0 N–H and O–H groups in total. The van der Waals surface area contributed by atoms with Crippen molar-refractivity contribution >= 4 is 5.97 Å². The molecular formula is C16H32O4. The van der Waals surface area contributed by atoms with Crippen LogP contribution in [0.3, 0.4) is 0 Å². The van der Waals surface area contributed by atoms with Gasteiger partial charge in [0.15, 0.2) is 6.29 Å². The Kier molecular flexibility index (Phi) is 14.3. The minimum atomic E-state index is -0.172. The molecule has 0 aromatic heterocycles. The molecule has 4 nitrogen and oxygen atoms in total. The molecule has 0 bridgehead atoms. The fraction of sp³-hybridized carbons (Fsp3) is 0.938. The maximum atomic E-state index is 10.5. The summed E-state index contributed by atoms with van der Waals surface area (Å²) < 4.78 is 15.2. The number of ether oxygens (including phenoxy) is 3. The van der Waals surface area contributed by atoms with E-state index in [0.29, 0.717) is 6.61 Å². The standard InChI is InChI=1S/C16H32O4/c1-15(17)20-14-12-10-8-6-4-5-7-9-11-13-16(18-2)19-3/h16H,4-14H2,1-3H3. The Labute approximate surface area is 124 Å². The Morgan fingerprint density at radius 2 is 1.25 bits per heavy atom. The van der Waals surface area contributed by atoms with E-state index in [1.807, 2.05) is 0 Å². The first-order chi connectivity index (χ1) is 9.70. The second-order valence-corrected chi connectivity index (χ2v) is 5.21. The van der Waals surface area contributed by atoms with Crippen molar-refractivity contribution in [2.45, 2.75) is 77.4 Å². The van der Waals surface area contributed by atoms with Crippen molar-refractivity contribution in [1.82, 2.24) is 0 Å². The van der Waals surface area contributed by atoms with Crippen LogP contribution >= 0.6 is 0 Å². The molecule has 0 aliphatic rings. The van der Waals surface area contributed by atoms with Crippen molar-refractivity contribution in [3.63, 3.8) is 0 Å². The zero-order valence-corrected chi connectivity index (χ0v) is 13.5. The highest BCUT2D eigenvalue weighted by Crippen LogP contribution is 2.12. The predicted molar refractivity (Wildman–Crippen MR) is 80.6 cm³/mol. The first-order valence-corrected chi connectivity index (χ1v) is 7.89. The first-order valence-electron chi connectivity index (χ1n) is 7.89. The molecule has 20 heavy (non-hydrogen) atoms. The fourth-order valence-corrected chi connectivity index (χ4v) is 2.20. The summed E-state index contributed by atoms with van der Waals surface area (Å²) >= 11 is 0. The van der Waals surface area contributed by atoms with Gasteiger partial charge in [-0.2, -0.15) is 0 Å². The summed E-state index contributed by atoms with van der Waals surface area (Å²) in [5.41, 5.74) is 0. The number of hydrogen-bond donors (Lipinski definition) is 0. The number of hydrogen-bond acceptors (Lipinski definition) is 4. The van der Waals surface area contributed by atoms with Crippen LogP contribution in [0.15, 0.2) is 0 Å². The summed E-state index contributed by atoms with van der Waals surface area (Å²) in [4.78, 5) is 10.5. The Morgan fingerprint density at radius 1 is 0.800 bits per heavy atom. The zero-order chi connectivity index (χ0) is 15.1. The van der Waals surface area contributed by atoms with E-state index in [1.54, 1.807) is 14.2 Å². The lowest BCUT2D eigenvalue weighted by atomic mass is 10.1. The Morgan fingerprint density at radius 3 is 1.70 bits per heavy atom. The third kappa shape index (κ3) is 13.8. The van der Waals surface area contributed by atoms with E-state index >= 15 is 0 Å². The average molecular weight is 288 g/mol. The van der Waals surface area contributed by atoms with Crippen molar-refractivity contribution in [2.24, 2.45) is 0 Å². The van der Waals surface area contributed by atoms with Gasteiger partial charge >= 0.3 is 5.97 Å². The number of esters is 1. The lowest BCUT2D eigenvalue weighted by Crippen LogP contribution is -2.12. The Hall–Kier alpha value is -0.610. The van der Waals surface area contributed by atoms with Crippen molar-refractivity contribution < 1.29 is 19.0 Å². The van der Waals surface area contributed by atoms with Gasteiger partial charge in [-0.1, -0.05) is 44.9 Å². The molecule has 0 fully saturated rings. The molecule has 0 aromatic rings. The Bertz CT molecular complexity index is 215. The molecule has 0 aliphatic carbocycles. The third-order valence-corrected chi connectivity index (χ3v) is 3.42. The lowest BCUT2D eigenvalue weighted by molar-refractivity contribution is -0.141. The minimum Gasteiger partial charge on any atom is -0.466 e. The fourth-order valence-electron chi connectivity index (χ4n) is 2.20. The number of methoxy groups -OCH3 is 2. The molecule has 0 unspecified atom stereocenters. The molecule has 4 heteroatoms. The minimum absolute atomic E-state index is 0.0350. The molecule has 0 atom stereocenters. The molecule has 0 aromatic carbocycles. The van der Waals surface area contributed by atoms with Gasteiger partial charge in [0.1, 0.15) is 0 Å². The zero-order valence-electron chi connectivity index (χ0n) is 13.5. The molecule has 120 valence electrons. The van der Waals surface area contributed by atoms with Crippen LogP contribution in [0.4, 0.5) is 0 Å². The second kappa shape index (κ2) is 14.8. The van der Waals surface area contributed by atoms with Crippen molar-refractivity contribution in [3.8, 4) is 0 Å². The van der Waals surface area contributed by atoms with Crippen LogP contribution in [-0.2, 0) is 19.0 Å². The quantitative estimate of drug-likeness (QED) is 0.274. The second-order valence-electron chi connectivity index (χ2n) is 5.21. The summed E-state index contributed by atoms with van der Waals surface area (Å²) in [6.07, 6.45) is 12.0. The molecule has 0 spiro atoms. The van der Waals surface area contributed by atoms with Gasteiger partial charge < -0.3 is 14.2 Å². The van der Waals surface area contributed by atoms with E-state index < -0.39 is 0 Å². The Balaban J connectivity index is 3.08. The van der Waals surface area contributed by atoms with E-state index in [-0.39, 0.29) is 12.3 Å². The van der Waals surface area contributed by atoms with E-state index in [0.717, 1.165) is 19.3 Å². The highest BCUT2D eigenvalue weighted by Gasteiger charge is 2.03. The van der Waals surface area contributed by atoms with E-state index in [2.05, 4.69) is 0 Å². The van der Waals surface area contributed by atoms with E-state index in [9.17, 15) is 4.79 Å². The first kappa shape index (κ1) is 19.4. The van der Waals surface area contributed by atoms with Crippen LogP contribution in [0.25, 0.3) is 0 Å². The SMILES string of the molecule is COC(CCCCCCCCCCCOC(C)=O)OC. The van der Waals surface area contributed by atoms with Crippen LogP contribution in [-0.4, -0.2) is 33.1 Å².